The van der Waals surface area contributed by atoms with Crippen molar-refractivity contribution < 1.29 is 49.4 Å². The van der Waals surface area contributed by atoms with Crippen molar-refractivity contribution in [2.75, 3.05) is 5.75 Å². The first-order valence-electron chi connectivity index (χ1n) is 8.92. The van der Waals surface area contributed by atoms with Gasteiger partial charge in [-0.2, -0.15) is 0 Å². The number of nitrogens with zero attached hydrogens (tertiary/aromatic N) is 3. The van der Waals surface area contributed by atoms with Gasteiger partial charge in [0.15, 0.2) is 0 Å². The van der Waals surface area contributed by atoms with E-state index >= 15 is 0 Å². The van der Waals surface area contributed by atoms with E-state index in [0.717, 1.165) is 11.3 Å². The van der Waals surface area contributed by atoms with E-state index in [1.807, 2.05) is 41.9 Å². The van der Waals surface area contributed by atoms with Crippen molar-refractivity contribution in [3.63, 3.8) is 0 Å². The van der Waals surface area contributed by atoms with E-state index < -0.39 is 18.0 Å². The topological polar surface area (TPSA) is 98.0 Å². The molecule has 4 atom stereocenters. The van der Waals surface area contributed by atoms with E-state index in [0.29, 0.717) is 17.1 Å². The minimum absolute atomic E-state index is 0. The van der Waals surface area contributed by atoms with Gasteiger partial charge < -0.3 is 24.3 Å². The number of carboxylic acids is 1. The molecule has 1 amide bonds. The summed E-state index contributed by atoms with van der Waals surface area (Å²) >= 11 is 1.43. The van der Waals surface area contributed by atoms with Gasteiger partial charge in [-0.25, -0.2) is 4.98 Å². The van der Waals surface area contributed by atoms with Crippen molar-refractivity contribution in [3.8, 4) is 0 Å². The number of imidazole rings is 1. The van der Waals surface area contributed by atoms with Crippen LogP contribution in [0.5, 0.6) is 0 Å². The molecule has 7 nitrogen and oxygen atoms in total. The first-order valence-corrected chi connectivity index (χ1v) is 9.90. The molecule has 2 aromatic rings. The third-order valence-electron chi connectivity index (χ3n) is 5.33. The van der Waals surface area contributed by atoms with Crippen molar-refractivity contribution in [2.45, 2.75) is 32.4 Å². The minimum atomic E-state index is -1.34. The van der Waals surface area contributed by atoms with Crippen LogP contribution in [0.1, 0.15) is 19.5 Å². The molecular weight excluding hydrogens is 389 g/mol. The summed E-state index contributed by atoms with van der Waals surface area (Å²) in [5.74, 6) is -1.71. The fourth-order valence-electron chi connectivity index (χ4n) is 4.08. The fourth-order valence-corrected chi connectivity index (χ4v) is 5.33. The monoisotopic (exact) mass is 409 g/mol. The van der Waals surface area contributed by atoms with Gasteiger partial charge in [0.05, 0.1) is 35.4 Å². The first kappa shape index (κ1) is 21.4. The molecule has 2 aliphatic heterocycles. The van der Waals surface area contributed by atoms with Crippen LogP contribution in [0.15, 0.2) is 41.2 Å². The molecule has 4 rings (SSSR count). The molecule has 2 aromatic heterocycles. The second-order valence-corrected chi connectivity index (χ2v) is 8.19. The van der Waals surface area contributed by atoms with Crippen molar-refractivity contribution in [2.24, 2.45) is 11.8 Å². The Morgan fingerprint density at radius 3 is 2.82 bits per heavy atom. The molecule has 0 saturated carbocycles. The number of pyridine rings is 1. The fraction of sp³-hybridized carbons (Fsp3) is 0.421. The summed E-state index contributed by atoms with van der Waals surface area (Å²) in [7, 11) is 0. The Balaban J connectivity index is 0.00000225. The molecule has 142 valence electrons. The van der Waals surface area contributed by atoms with Gasteiger partial charge in [-0.1, -0.05) is 13.0 Å². The number of aliphatic carboxylic acids is 1. The van der Waals surface area contributed by atoms with Crippen molar-refractivity contribution in [1.82, 2.24) is 14.3 Å². The summed E-state index contributed by atoms with van der Waals surface area (Å²) in [6.07, 6.45) is 3.77. The second-order valence-electron chi connectivity index (χ2n) is 7.05. The molecule has 4 unspecified atom stereocenters. The predicted molar refractivity (Wildman–Crippen MR) is 98.4 cm³/mol. The quantitative estimate of drug-likeness (QED) is 0.416. The Bertz CT molecular complexity index is 925. The molecule has 0 bridgehead atoms. The number of carboxylic acid groups (broad SMARTS) is 1. The molecule has 0 aliphatic carbocycles. The Kier molecular flexibility index (Phi) is 6.26. The number of aliphatic hydroxyl groups is 1. The Morgan fingerprint density at radius 2 is 2.18 bits per heavy atom. The number of aryl methyl sites for hydroxylation is 1. The molecule has 4 heterocycles. The summed E-state index contributed by atoms with van der Waals surface area (Å²) in [5.41, 5.74) is 1.77. The number of rotatable bonds is 6. The number of carbonyl (C=O) groups is 2. The van der Waals surface area contributed by atoms with Crippen LogP contribution in [0.4, 0.5) is 0 Å². The number of hydrogen-bond acceptors (Lipinski definition) is 6. The van der Waals surface area contributed by atoms with Gasteiger partial charge in [-0.15, -0.1) is 11.8 Å². The molecular formula is C19H20N3NaO4S. The predicted octanol–water partition coefficient (Wildman–Crippen LogP) is -2.57. The largest absolute Gasteiger partial charge is 1.00 e. The Morgan fingerprint density at radius 1 is 1.43 bits per heavy atom. The van der Waals surface area contributed by atoms with E-state index in [2.05, 4.69) is 4.98 Å². The van der Waals surface area contributed by atoms with Gasteiger partial charge in [0.1, 0.15) is 5.65 Å². The van der Waals surface area contributed by atoms with Gasteiger partial charge >= 0.3 is 29.6 Å². The van der Waals surface area contributed by atoms with Crippen molar-refractivity contribution >= 4 is 29.3 Å². The number of thioether (sulfide) groups is 1. The molecule has 9 heteroatoms. The number of aliphatic hydroxyl groups excluding tert-OH is 1. The number of carbonyl (C=O) groups excluding carboxylic acids is 2. The number of hydrogen-bond donors (Lipinski definition) is 1. The summed E-state index contributed by atoms with van der Waals surface area (Å²) in [6, 6.07) is 5.49. The van der Waals surface area contributed by atoms with Crippen LogP contribution in [0.3, 0.4) is 0 Å². The Hall–Kier alpha value is -1.32. The molecule has 1 fully saturated rings. The summed E-state index contributed by atoms with van der Waals surface area (Å²) < 4.78 is 1.95. The molecule has 0 radical (unpaired) electrons. The van der Waals surface area contributed by atoms with Crippen LogP contribution >= 0.6 is 11.8 Å². The number of fused-ring (bicyclic) bond motifs is 2. The zero-order valence-corrected chi connectivity index (χ0v) is 18.8. The summed E-state index contributed by atoms with van der Waals surface area (Å²) in [6.45, 7) is 3.47. The van der Waals surface area contributed by atoms with E-state index in [4.69, 9.17) is 0 Å². The molecule has 28 heavy (non-hydrogen) atoms. The average Bonchev–Trinajstić information content (AvgIpc) is 3.12. The van der Waals surface area contributed by atoms with Crippen LogP contribution in [-0.4, -0.2) is 49.2 Å². The maximum Gasteiger partial charge on any atom is 1.00 e. The second kappa shape index (κ2) is 8.20. The van der Waals surface area contributed by atoms with Crippen LogP contribution < -0.4 is 34.7 Å². The molecule has 0 spiro atoms. The molecule has 2 aliphatic rings. The van der Waals surface area contributed by atoms with Gasteiger partial charge in [-0.3, -0.25) is 4.79 Å². The number of aromatic nitrogens is 2. The summed E-state index contributed by atoms with van der Waals surface area (Å²) in [4.78, 5) is 30.5. The smallest absolute Gasteiger partial charge is 0.543 e. The van der Waals surface area contributed by atoms with E-state index in [1.165, 1.54) is 16.7 Å². The molecule has 1 N–H and O–H groups in total. The third kappa shape index (κ3) is 3.41. The van der Waals surface area contributed by atoms with Crippen LogP contribution in [-0.2, 0) is 16.0 Å². The van der Waals surface area contributed by atoms with Crippen LogP contribution in [0.2, 0.25) is 0 Å². The minimum Gasteiger partial charge on any atom is -0.543 e. The molecule has 0 aromatic carbocycles. The third-order valence-corrected chi connectivity index (χ3v) is 6.62. The first-order chi connectivity index (χ1) is 12.9. The van der Waals surface area contributed by atoms with Crippen molar-refractivity contribution in [3.05, 3.63) is 46.9 Å². The maximum atomic E-state index is 12.3. The zero-order chi connectivity index (χ0) is 19.3. The normalized spacial score (nSPS) is 24.8. The van der Waals surface area contributed by atoms with Gasteiger partial charge in [0.25, 0.3) is 0 Å². The van der Waals surface area contributed by atoms with E-state index in [9.17, 15) is 19.8 Å². The van der Waals surface area contributed by atoms with E-state index in [1.54, 1.807) is 6.92 Å². The number of amides is 1. The van der Waals surface area contributed by atoms with Crippen LogP contribution in [0, 0.1) is 11.8 Å². The van der Waals surface area contributed by atoms with Gasteiger partial charge in [0.2, 0.25) is 5.91 Å². The Labute approximate surface area is 189 Å². The van der Waals surface area contributed by atoms with Crippen molar-refractivity contribution in [1.29, 1.82) is 0 Å². The van der Waals surface area contributed by atoms with Gasteiger partial charge in [0, 0.05) is 35.4 Å². The van der Waals surface area contributed by atoms with Gasteiger partial charge in [-0.05, 0) is 19.1 Å². The molecule has 1 saturated heterocycles. The van der Waals surface area contributed by atoms with E-state index in [-0.39, 0.29) is 53.1 Å². The number of β-lactam (4-membered cyclic amide) rings is 1. The SMILES string of the molecule is CC(O)C1C(=O)N2C(C(=O)[O-])=C(SCCc3cn4ccccc4n3)C(C)C12.[Na+]. The average molecular weight is 409 g/mol. The van der Waals surface area contributed by atoms with Crippen LogP contribution in [0.25, 0.3) is 5.65 Å². The maximum absolute atomic E-state index is 12.3. The summed E-state index contributed by atoms with van der Waals surface area (Å²) in [5, 5.41) is 21.5. The zero-order valence-electron chi connectivity index (χ0n) is 16.0. The standard InChI is InChI=1S/C19H21N3O4S.Na/c1-10-15-14(11(2)23)18(24)22(15)16(19(25)26)17(10)27-8-6-12-9-21-7-4-3-5-13(21)20-12;/h3-5,7,9-11,14-15,23H,6,8H2,1-2H3,(H,25,26);/q;+1/p-1.